The van der Waals surface area contributed by atoms with E-state index in [9.17, 15) is 4.79 Å². The fraction of sp³-hybridized carbons (Fsp3) is 0.286. The lowest BCUT2D eigenvalue weighted by atomic mass is 10.1. The summed E-state index contributed by atoms with van der Waals surface area (Å²) >= 11 is 0. The van der Waals surface area contributed by atoms with E-state index in [-0.39, 0.29) is 5.91 Å². The molecule has 6 heteroatoms. The smallest absolute Gasteiger partial charge is 0.241 e. The van der Waals surface area contributed by atoms with Crippen molar-refractivity contribution < 1.29 is 9.32 Å². The standard InChI is InChI=1S/C14H16N4O2/c1-17-6-7-18(9-14(17)19)11-5-3-2-4-10(11)12-8-13(15)16-20-12/h2-5,8H,6-7,9H2,1H3,(H2,15,16). The van der Waals surface area contributed by atoms with Crippen molar-refractivity contribution in [2.45, 2.75) is 0 Å². The van der Waals surface area contributed by atoms with Crippen LogP contribution in [0.1, 0.15) is 0 Å². The van der Waals surface area contributed by atoms with Crippen molar-refractivity contribution >= 4 is 17.4 Å². The Bertz CT molecular complexity index is 638. The summed E-state index contributed by atoms with van der Waals surface area (Å²) in [6.07, 6.45) is 0. The number of rotatable bonds is 2. The van der Waals surface area contributed by atoms with Crippen molar-refractivity contribution in [2.75, 3.05) is 37.3 Å². The maximum absolute atomic E-state index is 11.9. The molecule has 0 spiro atoms. The van der Waals surface area contributed by atoms with E-state index in [0.29, 0.717) is 24.7 Å². The molecule has 3 rings (SSSR count). The van der Waals surface area contributed by atoms with E-state index in [1.165, 1.54) is 0 Å². The summed E-state index contributed by atoms with van der Waals surface area (Å²) in [5.41, 5.74) is 7.47. The number of benzene rings is 1. The summed E-state index contributed by atoms with van der Waals surface area (Å²) in [5, 5.41) is 3.72. The first-order chi connectivity index (χ1) is 9.65. The molecule has 1 aliphatic heterocycles. The Balaban J connectivity index is 1.96. The van der Waals surface area contributed by atoms with Crippen LogP contribution < -0.4 is 10.6 Å². The van der Waals surface area contributed by atoms with Crippen LogP contribution in [0.3, 0.4) is 0 Å². The third-order valence-electron chi connectivity index (χ3n) is 3.50. The van der Waals surface area contributed by atoms with Crippen LogP contribution in [0.2, 0.25) is 0 Å². The molecule has 1 amide bonds. The minimum Gasteiger partial charge on any atom is -0.381 e. The van der Waals surface area contributed by atoms with Gasteiger partial charge in [-0.15, -0.1) is 0 Å². The number of aromatic nitrogens is 1. The van der Waals surface area contributed by atoms with E-state index in [4.69, 9.17) is 10.3 Å². The maximum Gasteiger partial charge on any atom is 0.241 e. The normalized spacial score (nSPS) is 15.8. The molecule has 1 aromatic carbocycles. The minimum absolute atomic E-state index is 0.114. The van der Waals surface area contributed by atoms with Crippen LogP contribution in [-0.2, 0) is 4.79 Å². The molecule has 2 heterocycles. The zero-order valence-electron chi connectivity index (χ0n) is 11.2. The number of carbonyl (C=O) groups excluding carboxylic acids is 1. The molecule has 0 unspecified atom stereocenters. The number of nitrogen functional groups attached to an aromatic ring is 1. The summed E-state index contributed by atoms with van der Waals surface area (Å²) in [7, 11) is 1.82. The Hall–Kier alpha value is -2.50. The second-order valence-corrected chi connectivity index (χ2v) is 4.87. The zero-order valence-corrected chi connectivity index (χ0v) is 11.2. The van der Waals surface area contributed by atoms with E-state index < -0.39 is 0 Å². The molecule has 0 saturated carbocycles. The molecule has 0 aliphatic carbocycles. The van der Waals surface area contributed by atoms with Crippen LogP contribution in [-0.4, -0.2) is 42.6 Å². The van der Waals surface area contributed by atoms with Crippen LogP contribution in [0.5, 0.6) is 0 Å². The first-order valence-electron chi connectivity index (χ1n) is 6.45. The quantitative estimate of drug-likeness (QED) is 0.889. The van der Waals surface area contributed by atoms with Gasteiger partial charge in [-0.3, -0.25) is 4.79 Å². The fourth-order valence-electron chi connectivity index (χ4n) is 2.34. The van der Waals surface area contributed by atoms with Gasteiger partial charge in [-0.2, -0.15) is 0 Å². The number of hydrogen-bond donors (Lipinski definition) is 1. The van der Waals surface area contributed by atoms with Gasteiger partial charge in [-0.25, -0.2) is 0 Å². The number of anilines is 2. The van der Waals surface area contributed by atoms with Gasteiger partial charge in [0.1, 0.15) is 0 Å². The highest BCUT2D eigenvalue weighted by Crippen LogP contribution is 2.32. The summed E-state index contributed by atoms with van der Waals surface area (Å²) in [6, 6.07) is 9.48. The van der Waals surface area contributed by atoms with Gasteiger partial charge in [-0.05, 0) is 12.1 Å². The molecule has 0 bridgehead atoms. The third kappa shape index (κ3) is 2.20. The van der Waals surface area contributed by atoms with E-state index in [1.54, 1.807) is 11.0 Å². The first-order valence-corrected chi connectivity index (χ1v) is 6.45. The van der Waals surface area contributed by atoms with Crippen LogP contribution in [0.15, 0.2) is 34.9 Å². The molecule has 20 heavy (non-hydrogen) atoms. The fourth-order valence-corrected chi connectivity index (χ4v) is 2.34. The topological polar surface area (TPSA) is 75.6 Å². The number of carbonyl (C=O) groups is 1. The van der Waals surface area contributed by atoms with Crippen molar-refractivity contribution in [3.63, 3.8) is 0 Å². The number of piperazine rings is 1. The van der Waals surface area contributed by atoms with E-state index >= 15 is 0 Å². The Morgan fingerprint density at radius 1 is 1.30 bits per heavy atom. The number of para-hydroxylation sites is 1. The summed E-state index contributed by atoms with van der Waals surface area (Å²) in [4.78, 5) is 15.7. The van der Waals surface area contributed by atoms with Crippen molar-refractivity contribution in [3.05, 3.63) is 30.3 Å². The van der Waals surface area contributed by atoms with Crippen LogP contribution in [0.25, 0.3) is 11.3 Å². The number of hydrogen-bond acceptors (Lipinski definition) is 5. The number of amides is 1. The van der Waals surface area contributed by atoms with Gasteiger partial charge in [0.05, 0.1) is 6.54 Å². The Morgan fingerprint density at radius 3 is 2.80 bits per heavy atom. The molecular formula is C14H16N4O2. The van der Waals surface area contributed by atoms with Crippen LogP contribution >= 0.6 is 0 Å². The zero-order chi connectivity index (χ0) is 14.1. The summed E-state index contributed by atoms with van der Waals surface area (Å²) in [5.74, 6) is 1.08. The second kappa shape index (κ2) is 4.88. The molecule has 2 aromatic rings. The molecule has 6 nitrogen and oxygen atoms in total. The summed E-state index contributed by atoms with van der Waals surface area (Å²) in [6.45, 7) is 1.88. The highest BCUT2D eigenvalue weighted by molar-refractivity contribution is 5.85. The molecule has 0 atom stereocenters. The Kier molecular flexibility index (Phi) is 3.06. The largest absolute Gasteiger partial charge is 0.381 e. The van der Waals surface area contributed by atoms with Gasteiger partial charge in [-0.1, -0.05) is 17.3 Å². The third-order valence-corrected chi connectivity index (χ3v) is 3.50. The van der Waals surface area contributed by atoms with Gasteiger partial charge in [0.25, 0.3) is 0 Å². The van der Waals surface area contributed by atoms with E-state index in [1.807, 2.05) is 31.3 Å². The lowest BCUT2D eigenvalue weighted by molar-refractivity contribution is -0.129. The molecule has 1 aromatic heterocycles. The Morgan fingerprint density at radius 2 is 2.10 bits per heavy atom. The lowest BCUT2D eigenvalue weighted by Crippen LogP contribution is -2.48. The second-order valence-electron chi connectivity index (χ2n) is 4.87. The number of nitrogens with zero attached hydrogens (tertiary/aromatic N) is 3. The lowest BCUT2D eigenvalue weighted by Gasteiger charge is -2.34. The van der Waals surface area contributed by atoms with Crippen molar-refractivity contribution in [2.24, 2.45) is 0 Å². The molecule has 1 aliphatic rings. The average Bonchev–Trinajstić information content (AvgIpc) is 2.88. The molecule has 104 valence electrons. The van der Waals surface area contributed by atoms with Crippen molar-refractivity contribution in [3.8, 4) is 11.3 Å². The highest BCUT2D eigenvalue weighted by Gasteiger charge is 2.23. The number of likely N-dealkylation sites (N-methyl/N-ethyl adjacent to an activating group) is 1. The van der Waals surface area contributed by atoms with E-state index in [0.717, 1.165) is 17.8 Å². The molecule has 1 saturated heterocycles. The van der Waals surface area contributed by atoms with Crippen molar-refractivity contribution in [1.82, 2.24) is 10.1 Å². The molecule has 2 N–H and O–H groups in total. The minimum atomic E-state index is 0.114. The predicted octanol–water partition coefficient (Wildman–Crippen LogP) is 1.20. The van der Waals surface area contributed by atoms with E-state index in [2.05, 4.69) is 10.1 Å². The molecular weight excluding hydrogens is 256 g/mol. The average molecular weight is 272 g/mol. The SMILES string of the molecule is CN1CCN(c2ccccc2-c2cc(N)no2)CC1=O. The van der Waals surface area contributed by atoms with Gasteiger partial charge in [0.15, 0.2) is 11.6 Å². The first kappa shape index (κ1) is 12.5. The molecule has 1 fully saturated rings. The maximum atomic E-state index is 11.9. The van der Waals surface area contributed by atoms with Gasteiger partial charge in [0.2, 0.25) is 5.91 Å². The molecule has 0 radical (unpaired) electrons. The summed E-state index contributed by atoms with van der Waals surface area (Å²) < 4.78 is 5.23. The van der Waals surface area contributed by atoms with Gasteiger partial charge < -0.3 is 20.1 Å². The van der Waals surface area contributed by atoms with Gasteiger partial charge in [0, 0.05) is 37.5 Å². The van der Waals surface area contributed by atoms with Crippen LogP contribution in [0.4, 0.5) is 11.5 Å². The van der Waals surface area contributed by atoms with Crippen molar-refractivity contribution in [1.29, 1.82) is 0 Å². The van der Waals surface area contributed by atoms with Crippen LogP contribution in [0, 0.1) is 0 Å². The van der Waals surface area contributed by atoms with Gasteiger partial charge >= 0.3 is 0 Å². The predicted molar refractivity (Wildman–Crippen MR) is 76.2 cm³/mol. The monoisotopic (exact) mass is 272 g/mol. The number of nitrogens with two attached hydrogens (primary N) is 1. The Labute approximate surface area is 116 Å². The highest BCUT2D eigenvalue weighted by atomic mass is 16.5.